The third-order valence-corrected chi connectivity index (χ3v) is 4.51. The van der Waals surface area contributed by atoms with Crippen molar-refractivity contribution in [1.29, 1.82) is 0 Å². The molecule has 156 valence electrons. The monoisotopic (exact) mass is 448 g/mol. The van der Waals surface area contributed by atoms with Crippen molar-refractivity contribution in [1.82, 2.24) is 0 Å². The first-order valence-corrected chi connectivity index (χ1v) is 11.8. The molecule has 0 amide bonds. The van der Waals surface area contributed by atoms with E-state index in [9.17, 15) is 28.7 Å². The van der Waals surface area contributed by atoms with Crippen LogP contribution in [0.25, 0.3) is 0 Å². The van der Waals surface area contributed by atoms with Gasteiger partial charge < -0.3 is 46.9 Å². The normalized spacial score (nSPS) is 10.8. The maximum atomic E-state index is 9.32. The van der Waals surface area contributed by atoms with E-state index in [1.165, 1.54) is 64.2 Å². The minimum atomic E-state index is -5.68. The van der Waals surface area contributed by atoms with Crippen LogP contribution in [0.15, 0.2) is 0 Å². The van der Waals surface area contributed by atoms with Crippen molar-refractivity contribution in [3.8, 4) is 0 Å². The van der Waals surface area contributed by atoms with E-state index in [0.29, 0.717) is 0 Å². The van der Waals surface area contributed by atoms with Crippen LogP contribution in [0.1, 0.15) is 90.9 Å². The Hall–Kier alpha value is 0.974. The van der Waals surface area contributed by atoms with Crippen molar-refractivity contribution >= 4 is 15.6 Å². The molecule has 0 bridgehead atoms. The van der Waals surface area contributed by atoms with E-state index in [-0.39, 0.29) is 21.7 Å². The van der Waals surface area contributed by atoms with Crippen molar-refractivity contribution in [2.24, 2.45) is 0 Å². The van der Waals surface area contributed by atoms with Crippen molar-refractivity contribution in [2.45, 2.75) is 90.9 Å². The smallest absolute Gasteiger partial charge is 0.790 e. The SMILES string of the molecule is O=P([O-])([O-])OP(=O)([O-])[O-].[CH2-]CCCCCCC.[CH2-]CCCCCCC.[Ti+4]. The third kappa shape index (κ3) is 49.8. The molecule has 10 heteroatoms. The Morgan fingerprint density at radius 1 is 0.654 bits per heavy atom. The van der Waals surface area contributed by atoms with Gasteiger partial charge in [-0.25, -0.2) is 0 Å². The first kappa shape index (κ1) is 34.5. The van der Waals surface area contributed by atoms with Gasteiger partial charge in [0, 0.05) is 0 Å². The molecule has 0 saturated heterocycles. The zero-order chi connectivity index (χ0) is 20.2. The van der Waals surface area contributed by atoms with Crippen molar-refractivity contribution in [3.63, 3.8) is 0 Å². The average molecular weight is 448 g/mol. The van der Waals surface area contributed by atoms with Gasteiger partial charge in [-0.2, -0.15) is 12.8 Å². The number of phosphoric acid groups is 2. The molecule has 0 fully saturated rings. The second-order valence-electron chi connectivity index (χ2n) is 5.51. The van der Waals surface area contributed by atoms with Crippen LogP contribution in [-0.4, -0.2) is 0 Å². The molecular weight excluding hydrogens is 414 g/mol. The Labute approximate surface area is 175 Å². The number of unbranched alkanes of at least 4 members (excludes halogenated alkanes) is 10. The first-order chi connectivity index (χ1) is 11.5. The number of rotatable bonds is 12. The second-order valence-corrected chi connectivity index (χ2v) is 7.95. The molecule has 0 aliphatic carbocycles. The standard InChI is InChI=1S/2C8H17.H4O7P2.Ti/c2*1-3-5-7-8-6-4-2;1-8(2,3)7-9(4,5)6;/h2*1,3-8H2,2H3;(H2,1,2,3)(H2,4,5,6);/q2*-1;;+4/p-4. The topological polar surface area (TPSA) is 136 Å². The van der Waals surface area contributed by atoms with Crippen LogP contribution < -0.4 is 19.6 Å². The second kappa shape index (κ2) is 24.0. The molecule has 0 aliphatic heterocycles. The molecule has 0 atom stereocenters. The Balaban J connectivity index is -0.000000137. The average Bonchev–Trinajstić information content (AvgIpc) is 2.46. The van der Waals surface area contributed by atoms with Crippen molar-refractivity contribution < 1.29 is 54.7 Å². The fraction of sp³-hybridized carbons (Fsp3) is 0.875. The van der Waals surface area contributed by atoms with Crippen LogP contribution in [0.5, 0.6) is 0 Å². The summed E-state index contributed by atoms with van der Waals surface area (Å²) in [5.41, 5.74) is 0. The largest absolute Gasteiger partial charge is 4.00 e. The van der Waals surface area contributed by atoms with E-state index in [1.54, 1.807) is 0 Å². The quantitative estimate of drug-likeness (QED) is 0.194. The third-order valence-electron chi connectivity index (χ3n) is 2.91. The van der Waals surface area contributed by atoms with Gasteiger partial charge in [-0.05, 0) is 0 Å². The molecule has 0 heterocycles. The minimum Gasteiger partial charge on any atom is -0.790 e. The zero-order valence-corrected chi connectivity index (χ0v) is 19.5. The summed E-state index contributed by atoms with van der Waals surface area (Å²) >= 11 is 0. The van der Waals surface area contributed by atoms with Gasteiger partial charge in [0.15, 0.2) is 0 Å². The predicted octanol–water partition coefficient (Wildman–Crippen LogP) is 3.02. The van der Waals surface area contributed by atoms with Gasteiger partial charge in [-0.1, -0.05) is 78.1 Å². The summed E-state index contributed by atoms with van der Waals surface area (Å²) in [6.45, 7) is 12.0. The van der Waals surface area contributed by atoms with E-state index >= 15 is 0 Å². The molecule has 26 heavy (non-hydrogen) atoms. The van der Waals surface area contributed by atoms with E-state index in [4.69, 9.17) is 0 Å². The van der Waals surface area contributed by atoms with Crippen LogP contribution in [0.4, 0.5) is 0 Å². The molecule has 0 radical (unpaired) electrons. The molecule has 0 aliphatic rings. The van der Waals surface area contributed by atoms with E-state index in [2.05, 4.69) is 32.0 Å². The summed E-state index contributed by atoms with van der Waals surface area (Å²) in [6, 6.07) is 0. The van der Waals surface area contributed by atoms with Gasteiger partial charge in [0.25, 0.3) is 0 Å². The molecule has 7 nitrogen and oxygen atoms in total. The van der Waals surface area contributed by atoms with Crippen LogP contribution in [-0.2, 0) is 35.2 Å². The fourth-order valence-corrected chi connectivity index (χ4v) is 2.66. The summed E-state index contributed by atoms with van der Waals surface area (Å²) in [5, 5.41) is 0. The number of hydrogen-bond donors (Lipinski definition) is 0. The Kier molecular flexibility index (Phi) is 31.8. The molecular formula is C16H34O7P2Ti-2. The van der Waals surface area contributed by atoms with E-state index in [1.807, 2.05) is 0 Å². The molecule has 0 rings (SSSR count). The Morgan fingerprint density at radius 2 is 0.923 bits per heavy atom. The fourth-order valence-electron chi connectivity index (χ4n) is 1.68. The Bertz CT molecular complexity index is 301. The summed E-state index contributed by atoms with van der Waals surface area (Å²) in [4.78, 5) is 37.3. The zero-order valence-electron chi connectivity index (χ0n) is 16.2. The van der Waals surface area contributed by atoms with Crippen LogP contribution in [0.2, 0.25) is 0 Å². The van der Waals surface area contributed by atoms with Crippen molar-refractivity contribution in [2.75, 3.05) is 0 Å². The molecule has 0 saturated carbocycles. The van der Waals surface area contributed by atoms with Crippen LogP contribution >= 0.6 is 15.6 Å². The van der Waals surface area contributed by atoms with Crippen molar-refractivity contribution in [3.05, 3.63) is 13.8 Å². The minimum absolute atomic E-state index is 0. The van der Waals surface area contributed by atoms with E-state index in [0.717, 1.165) is 12.8 Å². The summed E-state index contributed by atoms with van der Waals surface area (Å²) in [6.07, 6.45) is 16.0. The Morgan fingerprint density at radius 3 is 1.08 bits per heavy atom. The number of hydrogen-bond acceptors (Lipinski definition) is 7. The van der Waals surface area contributed by atoms with Crippen LogP contribution in [0, 0.1) is 13.8 Å². The maximum Gasteiger partial charge on any atom is 4.00 e. The molecule has 0 unspecified atom stereocenters. The summed E-state index contributed by atoms with van der Waals surface area (Å²) < 4.78 is 21.2. The van der Waals surface area contributed by atoms with Gasteiger partial charge in [0.2, 0.25) is 0 Å². The molecule has 0 aromatic rings. The molecule has 0 spiro atoms. The molecule has 0 aromatic heterocycles. The first-order valence-electron chi connectivity index (χ1n) is 8.87. The van der Waals surface area contributed by atoms with E-state index < -0.39 is 15.6 Å². The van der Waals surface area contributed by atoms with Gasteiger partial charge in [-0.3, -0.25) is 0 Å². The predicted molar refractivity (Wildman–Crippen MR) is 93.8 cm³/mol. The van der Waals surface area contributed by atoms with Gasteiger partial charge in [-0.15, -0.1) is 0 Å². The van der Waals surface area contributed by atoms with Gasteiger partial charge >= 0.3 is 21.7 Å². The summed E-state index contributed by atoms with van der Waals surface area (Å²) in [5.74, 6) is 0. The maximum absolute atomic E-state index is 9.32. The summed E-state index contributed by atoms with van der Waals surface area (Å²) in [7, 11) is -11.4. The van der Waals surface area contributed by atoms with Gasteiger partial charge in [0.05, 0.1) is 15.6 Å². The van der Waals surface area contributed by atoms with Gasteiger partial charge in [0.1, 0.15) is 0 Å². The van der Waals surface area contributed by atoms with Crippen LogP contribution in [0.3, 0.4) is 0 Å². The molecule has 0 N–H and O–H groups in total. The molecule has 0 aromatic carbocycles.